The third kappa shape index (κ3) is 6.96. The molecule has 0 aliphatic carbocycles. The molecule has 0 radical (unpaired) electrons. The van der Waals surface area contributed by atoms with Crippen LogP contribution in [0, 0.1) is 0 Å². The lowest BCUT2D eigenvalue weighted by Crippen LogP contribution is -2.28. The third-order valence-corrected chi connectivity index (χ3v) is 7.32. The second kappa shape index (κ2) is 13.1. The number of aromatic carboxylic acids is 1. The van der Waals surface area contributed by atoms with Crippen molar-refractivity contribution in [1.29, 1.82) is 0 Å². The first kappa shape index (κ1) is 29.2. The van der Waals surface area contributed by atoms with Crippen molar-refractivity contribution in [2.75, 3.05) is 14.2 Å². The van der Waals surface area contributed by atoms with Gasteiger partial charge < -0.3 is 23.7 Å². The summed E-state index contributed by atoms with van der Waals surface area (Å²) in [4.78, 5) is 43.2. The first-order valence-corrected chi connectivity index (χ1v) is 13.8. The van der Waals surface area contributed by atoms with Crippen molar-refractivity contribution in [1.82, 2.24) is 4.90 Å². The number of methoxy groups -OCH3 is 2. The average Bonchev–Trinajstić information content (AvgIpc) is 3.61. The Balaban J connectivity index is 1.37. The van der Waals surface area contributed by atoms with Crippen LogP contribution in [0.15, 0.2) is 99.2 Å². The molecule has 218 valence electrons. The minimum atomic E-state index is -1.02. The van der Waals surface area contributed by atoms with Crippen molar-refractivity contribution in [3.8, 4) is 11.5 Å². The minimum absolute atomic E-state index is 0.0594. The van der Waals surface area contributed by atoms with Gasteiger partial charge in [0.25, 0.3) is 5.91 Å². The largest absolute Gasteiger partial charge is 0.493 e. The van der Waals surface area contributed by atoms with Gasteiger partial charge in [0.05, 0.1) is 36.9 Å². The molecule has 11 heteroatoms. The maximum atomic E-state index is 13.6. The van der Waals surface area contributed by atoms with Gasteiger partial charge in [-0.2, -0.15) is 0 Å². The number of thioether (sulfide) groups is 1. The summed E-state index contributed by atoms with van der Waals surface area (Å²) >= 11 is 1.25. The smallest absolute Gasteiger partial charge is 0.373 e. The van der Waals surface area contributed by atoms with Gasteiger partial charge in [0.2, 0.25) is 5.76 Å². The van der Waals surface area contributed by atoms with Gasteiger partial charge in [-0.3, -0.25) is 9.69 Å². The molecule has 1 saturated heterocycles. The molecule has 4 aromatic rings. The fourth-order valence-corrected chi connectivity index (χ4v) is 5.14. The second-order valence-corrected chi connectivity index (χ2v) is 10.2. The number of hydrogen-bond acceptors (Lipinski definition) is 9. The lowest BCUT2D eigenvalue weighted by atomic mass is 10.1. The van der Waals surface area contributed by atoms with E-state index in [1.807, 2.05) is 30.3 Å². The van der Waals surface area contributed by atoms with Crippen molar-refractivity contribution in [3.05, 3.63) is 118 Å². The van der Waals surface area contributed by atoms with E-state index < -0.39 is 11.9 Å². The molecule has 1 aromatic heterocycles. The number of esters is 1. The molecule has 1 aliphatic rings. The maximum Gasteiger partial charge on any atom is 0.373 e. The SMILES string of the molecule is COC(=O)c1ccc(COc2ccc(C=C3SC(=Nc4ccccc4)N(Cc4ccc(C(=O)O)cc4)C3=O)cc2OC)o1. The van der Waals surface area contributed by atoms with Gasteiger partial charge in [0, 0.05) is 0 Å². The fraction of sp³-hybridized carbons (Fsp3) is 0.125. The van der Waals surface area contributed by atoms with Crippen LogP contribution in [-0.2, 0) is 22.7 Å². The number of carboxylic acids is 1. The number of furan rings is 1. The number of nitrogens with zero attached hydrogens (tertiary/aromatic N) is 2. The van der Waals surface area contributed by atoms with E-state index in [1.54, 1.807) is 47.4 Å². The predicted molar refractivity (Wildman–Crippen MR) is 160 cm³/mol. The Hall–Kier alpha value is -5.29. The molecule has 0 saturated carbocycles. The van der Waals surface area contributed by atoms with Gasteiger partial charge in [-0.05, 0) is 77.5 Å². The fourth-order valence-electron chi connectivity index (χ4n) is 4.14. The summed E-state index contributed by atoms with van der Waals surface area (Å²) in [6, 6.07) is 24.1. The Kier molecular flexibility index (Phi) is 8.92. The van der Waals surface area contributed by atoms with Crippen molar-refractivity contribution in [3.63, 3.8) is 0 Å². The van der Waals surface area contributed by atoms with Gasteiger partial charge in [-0.1, -0.05) is 36.4 Å². The zero-order valence-electron chi connectivity index (χ0n) is 23.2. The van der Waals surface area contributed by atoms with Crippen LogP contribution in [0.3, 0.4) is 0 Å². The summed E-state index contributed by atoms with van der Waals surface area (Å²) in [5.41, 5.74) is 2.34. The number of carbonyl (C=O) groups is 3. The molecule has 5 rings (SSSR count). The Morgan fingerprint density at radius 2 is 1.74 bits per heavy atom. The van der Waals surface area contributed by atoms with Crippen LogP contribution in [0.25, 0.3) is 6.08 Å². The van der Waals surface area contributed by atoms with E-state index in [9.17, 15) is 19.5 Å². The first-order valence-electron chi connectivity index (χ1n) is 13.0. The number of benzene rings is 3. The molecule has 0 unspecified atom stereocenters. The third-order valence-electron chi connectivity index (χ3n) is 6.31. The van der Waals surface area contributed by atoms with Crippen LogP contribution in [0.4, 0.5) is 5.69 Å². The molecule has 3 aromatic carbocycles. The topological polar surface area (TPSA) is 128 Å². The summed E-state index contributed by atoms with van der Waals surface area (Å²) < 4.78 is 21.5. The molecule has 10 nitrogen and oxygen atoms in total. The number of amides is 1. The van der Waals surface area contributed by atoms with E-state index in [0.717, 1.165) is 5.56 Å². The number of hydrogen-bond donors (Lipinski definition) is 1. The summed E-state index contributed by atoms with van der Waals surface area (Å²) in [5, 5.41) is 9.72. The number of carbonyl (C=O) groups excluding carboxylic acids is 2. The van der Waals surface area contributed by atoms with E-state index >= 15 is 0 Å². The van der Waals surface area contributed by atoms with E-state index in [4.69, 9.17) is 18.9 Å². The maximum absolute atomic E-state index is 13.6. The molecule has 1 amide bonds. The molecular weight excluding hydrogens is 572 g/mol. The van der Waals surface area contributed by atoms with Gasteiger partial charge >= 0.3 is 11.9 Å². The number of aliphatic imine (C=N–C) groups is 1. The van der Waals surface area contributed by atoms with Crippen molar-refractivity contribution >= 4 is 46.5 Å². The van der Waals surface area contributed by atoms with Crippen molar-refractivity contribution in [2.24, 2.45) is 4.99 Å². The van der Waals surface area contributed by atoms with Crippen LogP contribution in [0.1, 0.15) is 37.8 Å². The molecule has 1 fully saturated rings. The van der Waals surface area contributed by atoms with Gasteiger partial charge in [0.1, 0.15) is 12.4 Å². The van der Waals surface area contributed by atoms with Crippen LogP contribution in [0.2, 0.25) is 0 Å². The molecule has 0 atom stereocenters. The molecule has 1 N–H and O–H groups in total. The lowest BCUT2D eigenvalue weighted by Gasteiger charge is -2.16. The molecule has 1 aliphatic heterocycles. The number of rotatable bonds is 10. The lowest BCUT2D eigenvalue weighted by molar-refractivity contribution is -0.122. The number of ether oxygens (including phenoxy) is 3. The van der Waals surface area contributed by atoms with Crippen molar-refractivity contribution in [2.45, 2.75) is 13.2 Å². The van der Waals surface area contributed by atoms with Gasteiger partial charge in [0.15, 0.2) is 16.7 Å². The summed E-state index contributed by atoms with van der Waals surface area (Å²) in [5.74, 6) is -0.425. The Labute approximate surface area is 251 Å². The highest BCUT2D eigenvalue weighted by Gasteiger charge is 2.33. The van der Waals surface area contributed by atoms with E-state index in [0.29, 0.717) is 38.6 Å². The minimum Gasteiger partial charge on any atom is -0.493 e. The number of amidine groups is 1. The predicted octanol–water partition coefficient (Wildman–Crippen LogP) is 6.16. The van der Waals surface area contributed by atoms with E-state index in [2.05, 4.69) is 4.74 Å². The zero-order chi connectivity index (χ0) is 30.3. The summed E-state index contributed by atoms with van der Waals surface area (Å²) in [7, 11) is 2.79. The highest BCUT2D eigenvalue weighted by Crippen LogP contribution is 2.37. The van der Waals surface area contributed by atoms with Crippen LogP contribution in [0.5, 0.6) is 11.5 Å². The van der Waals surface area contributed by atoms with Crippen LogP contribution >= 0.6 is 11.8 Å². The molecular formula is C32H26N2O8S. The van der Waals surface area contributed by atoms with E-state index in [-0.39, 0.29) is 30.4 Å². The molecule has 2 heterocycles. The number of carboxylic acid groups (broad SMARTS) is 1. The van der Waals surface area contributed by atoms with E-state index in [1.165, 1.54) is 44.2 Å². The van der Waals surface area contributed by atoms with Crippen LogP contribution in [-0.4, -0.2) is 47.2 Å². The summed E-state index contributed by atoms with van der Waals surface area (Å²) in [6.45, 7) is 0.277. The first-order chi connectivity index (χ1) is 20.8. The Morgan fingerprint density at radius 1 is 0.977 bits per heavy atom. The Bertz CT molecular complexity index is 1710. The van der Waals surface area contributed by atoms with Gasteiger partial charge in [-0.15, -0.1) is 0 Å². The molecule has 0 bridgehead atoms. The zero-order valence-corrected chi connectivity index (χ0v) is 24.0. The highest BCUT2D eigenvalue weighted by atomic mass is 32.2. The number of para-hydroxylation sites is 1. The monoisotopic (exact) mass is 598 g/mol. The normalized spacial score (nSPS) is 14.7. The van der Waals surface area contributed by atoms with Crippen molar-refractivity contribution < 1.29 is 38.1 Å². The average molecular weight is 599 g/mol. The second-order valence-electron chi connectivity index (χ2n) is 9.19. The Morgan fingerprint density at radius 3 is 2.44 bits per heavy atom. The quantitative estimate of drug-likeness (QED) is 0.169. The van der Waals surface area contributed by atoms with Gasteiger partial charge in [-0.25, -0.2) is 14.6 Å². The molecule has 43 heavy (non-hydrogen) atoms. The molecule has 0 spiro atoms. The summed E-state index contributed by atoms with van der Waals surface area (Å²) in [6.07, 6.45) is 1.75. The standard InChI is InChI=1S/C32H26N2O8S/c1-39-27-16-21(10-14-25(27)41-19-24-13-15-26(42-24)31(38)40-2)17-28-29(35)34(18-20-8-11-22(12-9-20)30(36)37)32(43-28)33-23-6-4-3-5-7-23/h3-17H,18-19H2,1-2H3,(H,36,37). The highest BCUT2D eigenvalue weighted by molar-refractivity contribution is 8.18. The van der Waals surface area contributed by atoms with Crippen LogP contribution < -0.4 is 9.47 Å².